The van der Waals surface area contributed by atoms with Crippen LogP contribution >= 0.6 is 0 Å². The molecule has 27 heavy (non-hydrogen) atoms. The zero-order chi connectivity index (χ0) is 20.2. The monoisotopic (exact) mass is 376 g/mol. The number of carbonyl (C=O) groups excluding carboxylic acids is 1. The molecule has 4 heteroatoms. The quantitative estimate of drug-likeness (QED) is 0.485. The van der Waals surface area contributed by atoms with Gasteiger partial charge in [0, 0.05) is 25.3 Å². The van der Waals surface area contributed by atoms with Gasteiger partial charge in [0.25, 0.3) is 0 Å². The molecule has 0 aromatic heterocycles. The lowest BCUT2D eigenvalue weighted by Crippen LogP contribution is -2.31. The summed E-state index contributed by atoms with van der Waals surface area (Å²) in [6, 6.07) is 7.69. The number of nitrogens with one attached hydrogen (secondary N) is 1. The highest BCUT2D eigenvalue weighted by molar-refractivity contribution is 5.90. The Hall–Kier alpha value is -1.55. The first-order valence-corrected chi connectivity index (χ1v) is 10.6. The summed E-state index contributed by atoms with van der Waals surface area (Å²) >= 11 is 0. The standard InChI is InChI=1S/C23H40N2O2/c1-7-25(8-2)22-14-12-21(13-15-22)23(26)27-20(6)17-24-16-19(5)11-9-10-18(3)4/h12-15,18-20,24H,7-11,16-17H2,1-6H3/t19-,20+/m1/s1. The summed E-state index contributed by atoms with van der Waals surface area (Å²) in [4.78, 5) is 14.6. The van der Waals surface area contributed by atoms with Gasteiger partial charge in [-0.15, -0.1) is 0 Å². The molecule has 0 saturated carbocycles. The van der Waals surface area contributed by atoms with Crippen LogP contribution in [0.2, 0.25) is 0 Å². The van der Waals surface area contributed by atoms with Crippen LogP contribution in [0.1, 0.15) is 71.2 Å². The molecule has 0 spiro atoms. The van der Waals surface area contributed by atoms with E-state index >= 15 is 0 Å². The topological polar surface area (TPSA) is 41.6 Å². The first kappa shape index (κ1) is 23.5. The molecule has 1 N–H and O–H groups in total. The molecule has 0 bridgehead atoms. The smallest absolute Gasteiger partial charge is 0.338 e. The lowest BCUT2D eigenvalue weighted by atomic mass is 10.00. The van der Waals surface area contributed by atoms with E-state index in [1.807, 2.05) is 31.2 Å². The van der Waals surface area contributed by atoms with E-state index < -0.39 is 0 Å². The Kier molecular flexibility index (Phi) is 11.1. The normalized spacial score (nSPS) is 13.4. The van der Waals surface area contributed by atoms with E-state index in [1.165, 1.54) is 19.3 Å². The van der Waals surface area contributed by atoms with Crippen LogP contribution in [0.4, 0.5) is 5.69 Å². The summed E-state index contributed by atoms with van der Waals surface area (Å²) in [6.07, 6.45) is 3.70. The maximum Gasteiger partial charge on any atom is 0.338 e. The predicted octanol–water partition coefficient (Wildman–Crippen LogP) is 5.13. The number of ether oxygens (including phenoxy) is 1. The average molecular weight is 377 g/mol. The van der Waals surface area contributed by atoms with Crippen molar-refractivity contribution in [1.29, 1.82) is 0 Å². The highest BCUT2D eigenvalue weighted by atomic mass is 16.5. The van der Waals surface area contributed by atoms with Gasteiger partial charge in [0.1, 0.15) is 6.10 Å². The van der Waals surface area contributed by atoms with Crippen LogP contribution in [0.5, 0.6) is 0 Å². The van der Waals surface area contributed by atoms with E-state index in [2.05, 4.69) is 44.8 Å². The number of hydrogen-bond acceptors (Lipinski definition) is 4. The third-order valence-electron chi connectivity index (χ3n) is 4.94. The minimum absolute atomic E-state index is 0.136. The van der Waals surface area contributed by atoms with Crippen LogP contribution in [0.25, 0.3) is 0 Å². The first-order chi connectivity index (χ1) is 12.9. The van der Waals surface area contributed by atoms with Crippen molar-refractivity contribution in [2.24, 2.45) is 11.8 Å². The Morgan fingerprint density at radius 3 is 2.19 bits per heavy atom. The number of hydrogen-bond donors (Lipinski definition) is 1. The summed E-state index contributed by atoms with van der Waals surface area (Å²) in [6.45, 7) is 16.6. The van der Waals surface area contributed by atoms with Crippen molar-refractivity contribution in [1.82, 2.24) is 5.32 Å². The molecule has 1 rings (SSSR count). The van der Waals surface area contributed by atoms with Gasteiger partial charge in [-0.1, -0.05) is 33.6 Å². The zero-order valence-electron chi connectivity index (χ0n) is 18.3. The van der Waals surface area contributed by atoms with Gasteiger partial charge >= 0.3 is 5.97 Å². The summed E-state index contributed by atoms with van der Waals surface area (Å²) < 4.78 is 5.57. The second-order valence-electron chi connectivity index (χ2n) is 8.02. The lowest BCUT2D eigenvalue weighted by Gasteiger charge is -2.21. The summed E-state index contributed by atoms with van der Waals surface area (Å²) in [7, 11) is 0. The molecule has 0 aliphatic heterocycles. The number of nitrogens with zero attached hydrogens (tertiary/aromatic N) is 1. The summed E-state index contributed by atoms with van der Waals surface area (Å²) in [5.74, 6) is 1.19. The van der Waals surface area contributed by atoms with Gasteiger partial charge in [-0.25, -0.2) is 4.79 Å². The van der Waals surface area contributed by atoms with E-state index in [0.29, 0.717) is 18.0 Å². The van der Waals surface area contributed by atoms with Crippen molar-refractivity contribution in [3.05, 3.63) is 29.8 Å². The van der Waals surface area contributed by atoms with Gasteiger partial charge in [-0.2, -0.15) is 0 Å². The number of anilines is 1. The van der Waals surface area contributed by atoms with Crippen LogP contribution in [0.15, 0.2) is 24.3 Å². The average Bonchev–Trinajstić information content (AvgIpc) is 2.63. The fraction of sp³-hybridized carbons (Fsp3) is 0.696. The van der Waals surface area contributed by atoms with Gasteiger partial charge in [-0.3, -0.25) is 0 Å². The van der Waals surface area contributed by atoms with Gasteiger partial charge in [0.15, 0.2) is 0 Å². The van der Waals surface area contributed by atoms with Crippen molar-refractivity contribution in [3.63, 3.8) is 0 Å². The van der Waals surface area contributed by atoms with Gasteiger partial charge in [-0.05, 0) is 69.8 Å². The van der Waals surface area contributed by atoms with Crippen LogP contribution in [0, 0.1) is 11.8 Å². The lowest BCUT2D eigenvalue weighted by molar-refractivity contribution is 0.0341. The number of esters is 1. The fourth-order valence-electron chi connectivity index (χ4n) is 3.20. The SMILES string of the molecule is CCN(CC)c1ccc(C(=O)O[C@@H](C)CNC[C@H](C)CCCC(C)C)cc1. The van der Waals surface area contributed by atoms with Crippen LogP contribution in [-0.4, -0.2) is 38.3 Å². The second-order valence-corrected chi connectivity index (χ2v) is 8.02. The first-order valence-electron chi connectivity index (χ1n) is 10.6. The van der Waals surface area contributed by atoms with Crippen molar-refractivity contribution in [2.75, 3.05) is 31.1 Å². The zero-order valence-corrected chi connectivity index (χ0v) is 18.3. The molecule has 0 saturated heterocycles. The van der Waals surface area contributed by atoms with E-state index in [-0.39, 0.29) is 12.1 Å². The van der Waals surface area contributed by atoms with Crippen molar-refractivity contribution < 1.29 is 9.53 Å². The molecular formula is C23H40N2O2. The van der Waals surface area contributed by atoms with Crippen molar-refractivity contribution >= 4 is 11.7 Å². The number of benzene rings is 1. The summed E-state index contributed by atoms with van der Waals surface area (Å²) in [5.41, 5.74) is 1.75. The minimum Gasteiger partial charge on any atom is -0.458 e. The van der Waals surface area contributed by atoms with E-state index in [1.54, 1.807) is 0 Å². The Bertz CT molecular complexity index is 524. The molecule has 0 fully saturated rings. The van der Waals surface area contributed by atoms with E-state index in [4.69, 9.17) is 4.74 Å². The maximum absolute atomic E-state index is 12.3. The Morgan fingerprint density at radius 2 is 1.63 bits per heavy atom. The molecule has 0 radical (unpaired) electrons. The molecule has 0 heterocycles. The third-order valence-corrected chi connectivity index (χ3v) is 4.94. The highest BCUT2D eigenvalue weighted by Crippen LogP contribution is 2.16. The predicted molar refractivity (Wildman–Crippen MR) is 116 cm³/mol. The molecule has 4 nitrogen and oxygen atoms in total. The molecule has 1 aromatic carbocycles. The van der Waals surface area contributed by atoms with E-state index in [9.17, 15) is 4.79 Å². The summed E-state index contributed by atoms with van der Waals surface area (Å²) in [5, 5.41) is 3.44. The molecule has 0 aliphatic carbocycles. The van der Waals surface area contributed by atoms with Crippen molar-refractivity contribution in [2.45, 2.75) is 66.9 Å². The molecule has 1 aromatic rings. The second kappa shape index (κ2) is 12.8. The maximum atomic E-state index is 12.3. The molecule has 0 aliphatic rings. The molecular weight excluding hydrogens is 336 g/mol. The van der Waals surface area contributed by atoms with Crippen LogP contribution < -0.4 is 10.2 Å². The molecule has 0 amide bonds. The number of carbonyl (C=O) groups is 1. The molecule has 154 valence electrons. The molecule has 2 atom stereocenters. The van der Waals surface area contributed by atoms with Crippen LogP contribution in [0.3, 0.4) is 0 Å². The van der Waals surface area contributed by atoms with E-state index in [0.717, 1.165) is 31.2 Å². The largest absolute Gasteiger partial charge is 0.458 e. The van der Waals surface area contributed by atoms with Crippen LogP contribution in [-0.2, 0) is 4.74 Å². The Morgan fingerprint density at radius 1 is 1.00 bits per heavy atom. The highest BCUT2D eigenvalue weighted by Gasteiger charge is 2.13. The minimum atomic E-state index is -0.250. The third kappa shape index (κ3) is 9.28. The Labute approximate surface area is 166 Å². The van der Waals surface area contributed by atoms with Gasteiger partial charge in [0.05, 0.1) is 5.56 Å². The van der Waals surface area contributed by atoms with Gasteiger partial charge in [0.2, 0.25) is 0 Å². The fourth-order valence-corrected chi connectivity index (χ4v) is 3.20. The van der Waals surface area contributed by atoms with Crippen molar-refractivity contribution in [3.8, 4) is 0 Å². The Balaban J connectivity index is 2.33. The molecule has 0 unspecified atom stereocenters. The number of rotatable bonds is 13. The van der Waals surface area contributed by atoms with Gasteiger partial charge < -0.3 is 15.0 Å².